The molecule has 100 valence electrons. The first-order chi connectivity index (χ1) is 8.54. The number of aryl methyl sites for hydroxylation is 1. The van der Waals surface area contributed by atoms with Gasteiger partial charge in [-0.05, 0) is 19.7 Å². The Morgan fingerprint density at radius 1 is 1.39 bits per heavy atom. The quantitative estimate of drug-likeness (QED) is 0.764. The van der Waals surface area contributed by atoms with Crippen LogP contribution in [0, 0.1) is 0 Å². The molecule has 0 bridgehead atoms. The lowest BCUT2D eigenvalue weighted by Gasteiger charge is -2.37. The van der Waals surface area contributed by atoms with Gasteiger partial charge in [0.25, 0.3) is 0 Å². The van der Waals surface area contributed by atoms with E-state index in [0.29, 0.717) is 24.7 Å². The van der Waals surface area contributed by atoms with Crippen molar-refractivity contribution in [2.75, 3.05) is 33.7 Å². The van der Waals surface area contributed by atoms with Crippen molar-refractivity contribution < 1.29 is 4.79 Å². The Morgan fingerprint density at radius 2 is 2.17 bits per heavy atom. The van der Waals surface area contributed by atoms with Crippen LogP contribution < -0.4 is 0 Å². The summed E-state index contributed by atoms with van der Waals surface area (Å²) >= 11 is 0. The molecule has 1 aliphatic rings. The Labute approximate surface area is 108 Å². The number of carbonyl (C=O) groups is 1. The van der Waals surface area contributed by atoms with Crippen LogP contribution in [0.3, 0.4) is 0 Å². The molecule has 5 heteroatoms. The minimum Gasteiger partial charge on any atom is -0.304 e. The third-order valence-electron chi connectivity index (χ3n) is 3.60. The molecule has 18 heavy (non-hydrogen) atoms. The summed E-state index contributed by atoms with van der Waals surface area (Å²) in [6.07, 6.45) is 4.82. The fraction of sp³-hybridized carbons (Fsp3) is 0.692. The first kappa shape index (κ1) is 13.2. The van der Waals surface area contributed by atoms with Gasteiger partial charge >= 0.3 is 0 Å². The van der Waals surface area contributed by atoms with Crippen molar-refractivity contribution in [3.05, 3.63) is 18.0 Å². The molecule has 1 unspecified atom stereocenters. The molecule has 1 aliphatic heterocycles. The smallest absolute Gasteiger partial charge is 0.138 e. The van der Waals surface area contributed by atoms with E-state index in [2.05, 4.69) is 29.0 Å². The molecule has 0 N–H and O–H groups in total. The Hall–Kier alpha value is -1.20. The van der Waals surface area contributed by atoms with Gasteiger partial charge in [0.2, 0.25) is 0 Å². The molecular weight excluding hydrogens is 228 g/mol. The summed E-state index contributed by atoms with van der Waals surface area (Å²) in [5, 5.41) is 4.09. The van der Waals surface area contributed by atoms with E-state index in [-0.39, 0.29) is 0 Å². The van der Waals surface area contributed by atoms with Crippen molar-refractivity contribution in [1.29, 1.82) is 0 Å². The monoisotopic (exact) mass is 250 g/mol. The van der Waals surface area contributed by atoms with E-state index >= 15 is 0 Å². The van der Waals surface area contributed by atoms with Crippen molar-refractivity contribution in [2.45, 2.75) is 18.9 Å². The number of Topliss-reactive ketones (excluding diaryl/α,β-unsaturated/α-hetero) is 1. The lowest BCUT2D eigenvalue weighted by Crippen LogP contribution is -2.50. The molecule has 0 saturated carbocycles. The predicted molar refractivity (Wildman–Crippen MR) is 70.5 cm³/mol. The van der Waals surface area contributed by atoms with Crippen molar-refractivity contribution in [1.82, 2.24) is 19.6 Å². The van der Waals surface area contributed by atoms with Crippen molar-refractivity contribution in [3.63, 3.8) is 0 Å². The molecule has 0 amide bonds. The highest BCUT2D eigenvalue weighted by atomic mass is 16.1. The molecule has 1 aromatic rings. The van der Waals surface area contributed by atoms with Gasteiger partial charge in [-0.15, -0.1) is 0 Å². The van der Waals surface area contributed by atoms with Gasteiger partial charge in [0.05, 0.1) is 6.20 Å². The van der Waals surface area contributed by atoms with E-state index in [4.69, 9.17) is 0 Å². The van der Waals surface area contributed by atoms with Gasteiger partial charge in [0.15, 0.2) is 0 Å². The number of hydrogen-bond acceptors (Lipinski definition) is 4. The van der Waals surface area contributed by atoms with Gasteiger partial charge in [-0.3, -0.25) is 9.48 Å². The highest BCUT2D eigenvalue weighted by Gasteiger charge is 2.24. The lowest BCUT2D eigenvalue weighted by atomic mass is 10.0. The molecule has 0 radical (unpaired) electrons. The van der Waals surface area contributed by atoms with Crippen molar-refractivity contribution >= 4 is 5.78 Å². The zero-order chi connectivity index (χ0) is 13.1. The Balaban J connectivity index is 1.86. The largest absolute Gasteiger partial charge is 0.304 e. The maximum absolute atomic E-state index is 12.1. The third kappa shape index (κ3) is 3.40. The highest BCUT2D eigenvalue weighted by molar-refractivity contribution is 5.81. The average molecular weight is 250 g/mol. The second-order valence-electron chi connectivity index (χ2n) is 5.34. The van der Waals surface area contributed by atoms with Crippen LogP contribution in [-0.2, 0) is 18.3 Å². The minimum atomic E-state index is 0.301. The zero-order valence-corrected chi connectivity index (χ0v) is 11.5. The number of carbonyl (C=O) groups excluding carboxylic acids is 1. The van der Waals surface area contributed by atoms with Crippen LogP contribution in [0.15, 0.2) is 12.4 Å². The summed E-state index contributed by atoms with van der Waals surface area (Å²) in [5.41, 5.74) is 1.01. The summed E-state index contributed by atoms with van der Waals surface area (Å²) in [4.78, 5) is 16.6. The van der Waals surface area contributed by atoms with E-state index in [1.165, 1.54) is 0 Å². The summed E-state index contributed by atoms with van der Waals surface area (Å²) in [7, 11) is 6.10. The Bertz CT molecular complexity index is 415. The Morgan fingerprint density at radius 3 is 2.83 bits per heavy atom. The van der Waals surface area contributed by atoms with Crippen LogP contribution in [0.2, 0.25) is 0 Å². The van der Waals surface area contributed by atoms with Gasteiger partial charge in [-0.25, -0.2) is 0 Å². The highest BCUT2D eigenvalue weighted by Crippen LogP contribution is 2.11. The minimum absolute atomic E-state index is 0.301. The molecule has 2 rings (SSSR count). The van der Waals surface area contributed by atoms with Gasteiger partial charge in [-0.2, -0.15) is 5.10 Å². The van der Waals surface area contributed by atoms with Crippen molar-refractivity contribution in [2.24, 2.45) is 7.05 Å². The summed E-state index contributed by atoms with van der Waals surface area (Å²) in [6, 6.07) is 0.355. The molecule has 1 aromatic heterocycles. The topological polar surface area (TPSA) is 41.4 Å². The number of piperazine rings is 1. The third-order valence-corrected chi connectivity index (χ3v) is 3.60. The van der Waals surface area contributed by atoms with Crippen LogP contribution in [0.5, 0.6) is 0 Å². The second-order valence-corrected chi connectivity index (χ2v) is 5.34. The maximum Gasteiger partial charge on any atom is 0.138 e. The molecule has 5 nitrogen and oxygen atoms in total. The summed E-state index contributed by atoms with van der Waals surface area (Å²) in [6.45, 7) is 3.11. The van der Waals surface area contributed by atoms with E-state index < -0.39 is 0 Å². The molecule has 2 heterocycles. The zero-order valence-electron chi connectivity index (χ0n) is 11.5. The maximum atomic E-state index is 12.1. The van der Waals surface area contributed by atoms with Crippen molar-refractivity contribution in [3.8, 4) is 0 Å². The molecular formula is C13H22N4O. The molecule has 0 aromatic carbocycles. The van der Waals surface area contributed by atoms with E-state index in [1.54, 1.807) is 10.9 Å². The average Bonchev–Trinajstić information content (AvgIpc) is 2.69. The summed E-state index contributed by atoms with van der Waals surface area (Å²) in [5.74, 6) is 0.301. The number of likely N-dealkylation sites (N-methyl/N-ethyl adjacent to an activating group) is 2. The lowest BCUT2D eigenvalue weighted by molar-refractivity contribution is -0.120. The fourth-order valence-electron chi connectivity index (χ4n) is 2.45. The number of ketones is 1. The van der Waals surface area contributed by atoms with Crippen LogP contribution >= 0.6 is 0 Å². The molecule has 0 spiro atoms. The second kappa shape index (κ2) is 5.63. The standard InChI is InChI=1S/C13H22N4O/c1-15-4-5-16(2)12(10-15)7-13(18)6-11-8-14-17(3)9-11/h8-9,12H,4-7,10H2,1-3H3. The van der Waals surface area contributed by atoms with Crippen LogP contribution in [0.25, 0.3) is 0 Å². The molecule has 1 fully saturated rings. The number of rotatable bonds is 4. The first-order valence-electron chi connectivity index (χ1n) is 6.42. The number of aromatic nitrogens is 2. The Kier molecular flexibility index (Phi) is 4.14. The normalized spacial score (nSPS) is 22.3. The molecule has 1 atom stereocenters. The summed E-state index contributed by atoms with van der Waals surface area (Å²) < 4.78 is 1.74. The van der Waals surface area contributed by atoms with Crippen LogP contribution in [-0.4, -0.2) is 65.1 Å². The predicted octanol–water partition coefficient (Wildman–Crippen LogP) is 0.168. The fourth-order valence-corrected chi connectivity index (χ4v) is 2.45. The first-order valence-corrected chi connectivity index (χ1v) is 6.42. The van der Waals surface area contributed by atoms with E-state index in [1.807, 2.05) is 13.2 Å². The van der Waals surface area contributed by atoms with Gasteiger partial charge in [0, 0.05) is 51.8 Å². The SMILES string of the molecule is CN1CCN(C)C(CC(=O)Cc2cnn(C)c2)C1. The number of hydrogen-bond donors (Lipinski definition) is 0. The van der Waals surface area contributed by atoms with Gasteiger partial charge in [-0.1, -0.05) is 0 Å². The van der Waals surface area contributed by atoms with Crippen LogP contribution in [0.4, 0.5) is 0 Å². The van der Waals surface area contributed by atoms with Gasteiger partial charge < -0.3 is 9.80 Å². The molecule has 0 aliphatic carbocycles. The number of nitrogens with zero attached hydrogens (tertiary/aromatic N) is 4. The molecule has 1 saturated heterocycles. The van der Waals surface area contributed by atoms with Crippen LogP contribution in [0.1, 0.15) is 12.0 Å². The van der Waals surface area contributed by atoms with Gasteiger partial charge in [0.1, 0.15) is 5.78 Å². The van der Waals surface area contributed by atoms with E-state index in [0.717, 1.165) is 25.2 Å². The van der Waals surface area contributed by atoms with E-state index in [9.17, 15) is 4.79 Å².